The van der Waals surface area contributed by atoms with Gasteiger partial charge in [-0.25, -0.2) is 4.84 Å². The van der Waals surface area contributed by atoms with Crippen molar-refractivity contribution in [2.75, 3.05) is 0 Å². The first-order valence-corrected chi connectivity index (χ1v) is 6.80. The Morgan fingerprint density at radius 1 is 0.424 bits per heavy atom. The summed E-state index contributed by atoms with van der Waals surface area (Å²) in [6, 6.07) is -7.79. The first-order chi connectivity index (χ1) is 13.8. The highest BCUT2D eigenvalue weighted by molar-refractivity contribution is 5.14. The lowest BCUT2D eigenvalue weighted by Gasteiger charge is -2.37. The molecule has 1 rings (SSSR count). The Bertz CT molecular complexity index is 762. The third kappa shape index (κ3) is 3.38. The first kappa shape index (κ1) is 29.5. The van der Waals surface area contributed by atoms with Gasteiger partial charge in [-0.3, -0.25) is 0 Å². The monoisotopic (exact) mass is 549 g/mol. The molecule has 0 aromatic carbocycles. The van der Waals surface area contributed by atoms with Crippen LogP contribution in [0.15, 0.2) is 0 Å². The smallest absolute Gasteiger partial charge is 0.225 e. The highest BCUT2D eigenvalue weighted by Crippen LogP contribution is 2.67. The van der Waals surface area contributed by atoms with Gasteiger partial charge in [-0.05, 0) is 5.06 Å². The summed E-state index contributed by atoms with van der Waals surface area (Å²) in [6.45, 7) is 0. The van der Waals surface area contributed by atoms with Crippen molar-refractivity contribution < 1.29 is 97.0 Å². The molecule has 0 radical (unpaired) electrons. The lowest BCUT2D eigenvalue weighted by molar-refractivity contribution is -0.437. The third-order valence-electron chi connectivity index (χ3n) is 3.75. The van der Waals surface area contributed by atoms with Crippen LogP contribution in [0.3, 0.4) is 0 Å². The summed E-state index contributed by atoms with van der Waals surface area (Å²) in [4.78, 5) is 2.05. The van der Waals surface area contributed by atoms with Crippen LogP contribution in [0.5, 0.6) is 0 Å². The fraction of sp³-hybridized carbons (Fsp3) is 1.00. The number of hydrogen-bond acceptors (Lipinski definition) is 2. The second-order valence-electron chi connectivity index (χ2n) is 5.93. The van der Waals surface area contributed by atoms with Gasteiger partial charge >= 0.3 is 59.9 Å². The number of nitrogens with zero attached hydrogens (tertiary/aromatic N) is 1. The maximum atomic E-state index is 13.6. The summed E-state index contributed by atoms with van der Waals surface area (Å²) in [7, 11) is 0. The van der Waals surface area contributed by atoms with E-state index in [1.807, 2.05) is 0 Å². The second kappa shape index (κ2) is 6.77. The molecule has 1 heterocycles. The second-order valence-corrected chi connectivity index (χ2v) is 5.93. The Morgan fingerprint density at radius 2 is 0.727 bits per heavy atom. The fourth-order valence-electron chi connectivity index (χ4n) is 1.78. The topological polar surface area (TPSA) is 15.5 Å². The molecule has 1 unspecified atom stereocenters. The van der Waals surface area contributed by atoms with Gasteiger partial charge in [0, 0.05) is 0 Å². The van der Waals surface area contributed by atoms with Gasteiger partial charge in [0.05, 0.1) is 0 Å². The predicted molar refractivity (Wildman–Crippen MR) is 53.5 cm³/mol. The van der Waals surface area contributed by atoms with E-state index in [-0.39, 0.29) is 0 Å². The molecule has 1 saturated heterocycles. The zero-order chi connectivity index (χ0) is 27.3. The van der Waals surface area contributed by atoms with Crippen molar-refractivity contribution in [2.45, 2.75) is 59.9 Å². The van der Waals surface area contributed by atoms with E-state index in [1.54, 1.807) is 0 Å². The van der Waals surface area contributed by atoms with Crippen molar-refractivity contribution in [2.24, 2.45) is 0 Å². The first-order valence-electron chi connectivity index (χ1n) is 6.80. The fourth-order valence-corrected chi connectivity index (χ4v) is 1.78. The number of rotatable bonds is 7. The molecule has 0 aromatic rings. The number of halogens is 21. The van der Waals surface area contributed by atoms with E-state index < -0.39 is 65.0 Å². The van der Waals surface area contributed by atoms with Gasteiger partial charge in [-0.2, -0.15) is 92.2 Å². The highest BCUT2D eigenvalue weighted by atomic mass is 19.4. The number of hydrogen-bond donors (Lipinski definition) is 0. The van der Waals surface area contributed by atoms with Gasteiger partial charge < -0.3 is 0 Å². The molecule has 0 amide bonds. The van der Waals surface area contributed by atoms with Crippen molar-refractivity contribution in [3.63, 3.8) is 0 Å². The zero-order valence-corrected chi connectivity index (χ0v) is 13.8. The molecule has 2 nitrogen and oxygen atoms in total. The van der Waals surface area contributed by atoms with Crippen molar-refractivity contribution in [3.8, 4) is 0 Å². The molecule has 23 heteroatoms. The molecule has 0 bridgehead atoms. The van der Waals surface area contributed by atoms with Crippen molar-refractivity contribution in [1.82, 2.24) is 5.06 Å². The van der Waals surface area contributed by atoms with Crippen LogP contribution < -0.4 is 0 Å². The maximum Gasteiger partial charge on any atom is 0.460 e. The minimum atomic E-state index is -8.50. The lowest BCUT2D eigenvalue weighted by atomic mass is 9.96. The molecule has 33 heavy (non-hydrogen) atoms. The van der Waals surface area contributed by atoms with E-state index in [1.165, 1.54) is 0 Å². The summed E-state index contributed by atoms with van der Waals surface area (Å²) in [5, 5.41) is -3.46. The Morgan fingerprint density at radius 3 is 1.03 bits per heavy atom. The summed E-state index contributed by atoms with van der Waals surface area (Å²) < 4.78 is 267. The van der Waals surface area contributed by atoms with E-state index in [9.17, 15) is 92.2 Å². The normalized spacial score (nSPS) is 24.8. The Balaban J connectivity index is 3.55. The van der Waals surface area contributed by atoms with Crippen molar-refractivity contribution in [1.29, 1.82) is 0 Å². The van der Waals surface area contributed by atoms with Crippen LogP contribution in [0.25, 0.3) is 0 Å². The van der Waals surface area contributed by atoms with Crippen LogP contribution in [-0.4, -0.2) is 65.0 Å². The summed E-state index contributed by atoms with van der Waals surface area (Å²) in [5.41, 5.74) is 0. The Kier molecular flexibility index (Phi) is 6.05. The average Bonchev–Trinajstić information content (AvgIpc) is 3.26. The third-order valence-corrected chi connectivity index (χ3v) is 3.75. The standard InChI is InChI=1S/C10F21NO/c11-1(12,3(15,16)7(23,24)25)2(13,14)6(21,22)10(31)32(33-10)9(29,30)5(19,20)4(17,18)8(26,27)28/t10-,32?/m0/s1. The van der Waals surface area contributed by atoms with Crippen LogP contribution in [0.1, 0.15) is 0 Å². The van der Waals surface area contributed by atoms with Crippen LogP contribution in [0.4, 0.5) is 92.2 Å². The zero-order valence-electron chi connectivity index (χ0n) is 13.8. The Hall–Kier alpha value is -1.55. The molecular formula is C10F21NO. The summed E-state index contributed by atoms with van der Waals surface area (Å²) in [5.74, 6) is -56.5. The van der Waals surface area contributed by atoms with Crippen LogP contribution in [-0.2, 0) is 4.84 Å². The van der Waals surface area contributed by atoms with Gasteiger partial charge in [-0.1, -0.05) is 0 Å². The van der Waals surface area contributed by atoms with Crippen LogP contribution in [0, 0.1) is 0 Å². The van der Waals surface area contributed by atoms with Crippen molar-refractivity contribution >= 4 is 0 Å². The highest BCUT2D eigenvalue weighted by Gasteiger charge is 2.99. The van der Waals surface area contributed by atoms with Crippen LogP contribution >= 0.6 is 0 Å². The largest absolute Gasteiger partial charge is 0.460 e. The van der Waals surface area contributed by atoms with Gasteiger partial charge in [0.2, 0.25) is 0 Å². The van der Waals surface area contributed by atoms with E-state index in [2.05, 4.69) is 4.84 Å². The summed E-state index contributed by atoms with van der Waals surface area (Å²) >= 11 is 0. The SMILES string of the molecule is FC(F)(F)C(F)(F)C(F)(F)C(F)(F)N1O[C@]1(F)C(F)(F)C(F)(F)C(F)(F)C(F)(F)C(F)(F)F. The molecule has 2 atom stereocenters. The molecule has 0 aliphatic carbocycles. The predicted octanol–water partition coefficient (Wildman–Crippen LogP) is 6.39. The molecule has 0 N–H and O–H groups in total. The number of hydroxylamine groups is 2. The molecule has 0 saturated carbocycles. The molecule has 1 aliphatic rings. The van der Waals surface area contributed by atoms with Crippen molar-refractivity contribution in [3.05, 3.63) is 0 Å². The van der Waals surface area contributed by atoms with E-state index >= 15 is 0 Å². The van der Waals surface area contributed by atoms with Gasteiger partial charge in [-0.15, -0.1) is 0 Å². The van der Waals surface area contributed by atoms with Crippen LogP contribution in [0.2, 0.25) is 0 Å². The van der Waals surface area contributed by atoms with Gasteiger partial charge in [0.1, 0.15) is 0 Å². The minimum absolute atomic E-state index is 2.05. The molecular weight excluding hydrogens is 549 g/mol. The maximum absolute atomic E-state index is 13.6. The molecule has 1 fully saturated rings. The Labute approximate surface area is 163 Å². The lowest BCUT2D eigenvalue weighted by Crippen LogP contribution is -2.70. The molecule has 198 valence electrons. The summed E-state index contributed by atoms with van der Waals surface area (Å²) in [6.07, 6.45) is -15.5. The van der Waals surface area contributed by atoms with Gasteiger partial charge in [0.25, 0.3) is 0 Å². The van der Waals surface area contributed by atoms with E-state index in [0.717, 1.165) is 0 Å². The molecule has 0 aromatic heterocycles. The quantitative estimate of drug-likeness (QED) is 0.208. The molecule has 1 aliphatic heterocycles. The van der Waals surface area contributed by atoms with E-state index in [4.69, 9.17) is 0 Å². The average molecular weight is 549 g/mol. The van der Waals surface area contributed by atoms with E-state index in [0.29, 0.717) is 0 Å². The van der Waals surface area contributed by atoms with Gasteiger partial charge in [0.15, 0.2) is 0 Å². The molecule has 0 spiro atoms. The minimum Gasteiger partial charge on any atom is -0.225 e. The number of alkyl halides is 21.